The molecule has 0 aromatic carbocycles. The fourth-order valence-electron chi connectivity index (χ4n) is 3.37. The Morgan fingerprint density at radius 1 is 1.42 bits per heavy atom. The van der Waals surface area contributed by atoms with Crippen LogP contribution in [0.3, 0.4) is 0 Å². The third kappa shape index (κ3) is 3.60. The fraction of sp³-hybridized carbons (Fsp3) is 0.800. The number of hydrogen-bond acceptors (Lipinski definition) is 2. The summed E-state index contributed by atoms with van der Waals surface area (Å²) >= 11 is 3.67. The van der Waals surface area contributed by atoms with E-state index in [1.807, 2.05) is 11.7 Å². The molecule has 1 aliphatic carbocycles. The second-order valence-electron chi connectivity index (χ2n) is 5.72. The molecule has 1 aliphatic rings. The van der Waals surface area contributed by atoms with E-state index >= 15 is 0 Å². The molecule has 3 nitrogen and oxygen atoms in total. The molecule has 0 amide bonds. The minimum Gasteiger partial charge on any atom is -0.314 e. The lowest BCUT2D eigenvalue weighted by molar-refractivity contribution is 0.344. The molecule has 4 heteroatoms. The van der Waals surface area contributed by atoms with Crippen LogP contribution in [0.5, 0.6) is 0 Å². The van der Waals surface area contributed by atoms with E-state index in [-0.39, 0.29) is 0 Å². The maximum atomic E-state index is 4.48. The van der Waals surface area contributed by atoms with Gasteiger partial charge in [-0.3, -0.25) is 4.68 Å². The summed E-state index contributed by atoms with van der Waals surface area (Å²) in [4.78, 5) is 0. The van der Waals surface area contributed by atoms with Gasteiger partial charge in [-0.1, -0.05) is 19.8 Å². The molecular weight excluding hydrogens is 302 g/mol. The lowest BCUT2D eigenvalue weighted by Gasteiger charge is -2.24. The fourth-order valence-corrected chi connectivity index (χ4v) is 3.90. The first-order valence-corrected chi connectivity index (χ1v) is 8.34. The van der Waals surface area contributed by atoms with E-state index in [2.05, 4.69) is 40.2 Å². The molecule has 2 rings (SSSR count). The lowest BCUT2D eigenvalue weighted by Crippen LogP contribution is -2.35. The van der Waals surface area contributed by atoms with Crippen molar-refractivity contribution in [3.05, 3.63) is 15.9 Å². The number of nitrogens with zero attached hydrogens (tertiary/aromatic N) is 2. The van der Waals surface area contributed by atoms with Crippen molar-refractivity contribution >= 4 is 15.9 Å². The molecule has 0 radical (unpaired) electrons. The van der Waals surface area contributed by atoms with Crippen LogP contribution in [0, 0.1) is 12.8 Å². The van der Waals surface area contributed by atoms with Crippen molar-refractivity contribution in [1.82, 2.24) is 15.1 Å². The van der Waals surface area contributed by atoms with Gasteiger partial charge in [0.1, 0.15) is 0 Å². The summed E-state index contributed by atoms with van der Waals surface area (Å²) in [5, 5.41) is 8.18. The van der Waals surface area contributed by atoms with Gasteiger partial charge in [0.25, 0.3) is 0 Å². The quantitative estimate of drug-likeness (QED) is 0.865. The number of rotatable bonds is 6. The summed E-state index contributed by atoms with van der Waals surface area (Å²) < 4.78 is 3.22. The van der Waals surface area contributed by atoms with Gasteiger partial charge in [0.15, 0.2) is 0 Å². The molecule has 1 unspecified atom stereocenters. The molecule has 0 aliphatic heterocycles. The highest BCUT2D eigenvalue weighted by molar-refractivity contribution is 9.10. The normalized spacial score (nSPS) is 18.1. The molecule has 0 bridgehead atoms. The number of aryl methyl sites for hydroxylation is 2. The van der Waals surface area contributed by atoms with Gasteiger partial charge < -0.3 is 5.32 Å². The summed E-state index contributed by atoms with van der Waals surface area (Å²) in [5.41, 5.74) is 2.43. The van der Waals surface area contributed by atoms with Crippen LogP contribution in [-0.2, 0) is 13.5 Å². The smallest absolute Gasteiger partial charge is 0.0738 e. The highest BCUT2D eigenvalue weighted by Crippen LogP contribution is 2.30. The van der Waals surface area contributed by atoms with Crippen LogP contribution in [0.1, 0.15) is 50.4 Å². The minimum absolute atomic E-state index is 0.676. The maximum absolute atomic E-state index is 4.48. The minimum atomic E-state index is 0.676. The zero-order valence-electron chi connectivity index (χ0n) is 12.4. The largest absolute Gasteiger partial charge is 0.314 e. The zero-order valence-corrected chi connectivity index (χ0v) is 14.0. The van der Waals surface area contributed by atoms with Crippen molar-refractivity contribution in [3.8, 4) is 0 Å². The monoisotopic (exact) mass is 327 g/mol. The summed E-state index contributed by atoms with van der Waals surface area (Å²) in [6.45, 7) is 5.35. The van der Waals surface area contributed by atoms with Crippen molar-refractivity contribution in [2.75, 3.05) is 6.54 Å². The van der Waals surface area contributed by atoms with E-state index in [4.69, 9.17) is 0 Å². The van der Waals surface area contributed by atoms with Gasteiger partial charge in [-0.05, 0) is 61.0 Å². The first-order valence-electron chi connectivity index (χ1n) is 7.54. The second-order valence-corrected chi connectivity index (χ2v) is 6.51. The molecule has 1 atom stereocenters. The maximum Gasteiger partial charge on any atom is 0.0738 e. The molecule has 1 heterocycles. The van der Waals surface area contributed by atoms with Gasteiger partial charge in [0, 0.05) is 13.1 Å². The second kappa shape index (κ2) is 6.89. The van der Waals surface area contributed by atoms with Crippen molar-refractivity contribution in [3.63, 3.8) is 0 Å². The van der Waals surface area contributed by atoms with Gasteiger partial charge in [-0.15, -0.1) is 0 Å². The Hall–Kier alpha value is -0.350. The molecule has 19 heavy (non-hydrogen) atoms. The molecule has 108 valence electrons. The van der Waals surface area contributed by atoms with Crippen LogP contribution in [0.25, 0.3) is 0 Å². The number of nitrogens with one attached hydrogen (secondary N) is 1. The van der Waals surface area contributed by atoms with Gasteiger partial charge in [-0.2, -0.15) is 5.10 Å². The lowest BCUT2D eigenvalue weighted by atomic mass is 9.93. The Morgan fingerprint density at radius 3 is 2.63 bits per heavy atom. The molecular formula is C15H26BrN3. The molecule has 0 saturated heterocycles. The standard InChI is InChI=1S/C15H26BrN3/c1-4-17-13(12-7-5-6-8-12)9-10-14-15(16)11(2)18-19(14)3/h12-13,17H,4-10H2,1-3H3. The van der Waals surface area contributed by atoms with Crippen LogP contribution < -0.4 is 5.32 Å². The summed E-state index contributed by atoms with van der Waals surface area (Å²) in [6, 6.07) is 0.676. The predicted molar refractivity (Wildman–Crippen MR) is 83.4 cm³/mol. The van der Waals surface area contributed by atoms with E-state index in [0.717, 1.165) is 24.6 Å². The SMILES string of the molecule is CCNC(CCc1c(Br)c(C)nn1C)C1CCCC1. The average Bonchev–Trinajstić information content (AvgIpc) is 2.97. The van der Waals surface area contributed by atoms with E-state index in [1.54, 1.807) is 0 Å². The van der Waals surface area contributed by atoms with E-state index in [9.17, 15) is 0 Å². The van der Waals surface area contributed by atoms with Gasteiger partial charge in [0.2, 0.25) is 0 Å². The van der Waals surface area contributed by atoms with Gasteiger partial charge in [0.05, 0.1) is 15.9 Å². The topological polar surface area (TPSA) is 29.9 Å². The van der Waals surface area contributed by atoms with Crippen LogP contribution in [0.2, 0.25) is 0 Å². The first-order chi connectivity index (χ1) is 9.13. The molecule has 1 N–H and O–H groups in total. The third-order valence-electron chi connectivity index (χ3n) is 4.39. The molecule has 1 aromatic rings. The summed E-state index contributed by atoms with van der Waals surface area (Å²) in [5.74, 6) is 0.882. The predicted octanol–water partition coefficient (Wildman–Crippen LogP) is 3.59. The Kier molecular flexibility index (Phi) is 5.46. The van der Waals surface area contributed by atoms with Crippen LogP contribution in [-0.4, -0.2) is 22.4 Å². The van der Waals surface area contributed by atoms with E-state index in [1.165, 1.54) is 42.3 Å². The van der Waals surface area contributed by atoms with E-state index < -0.39 is 0 Å². The van der Waals surface area contributed by atoms with Crippen molar-refractivity contribution in [2.45, 2.75) is 58.4 Å². The van der Waals surface area contributed by atoms with Gasteiger partial charge in [-0.25, -0.2) is 0 Å². The summed E-state index contributed by atoms with van der Waals surface area (Å²) in [6.07, 6.45) is 7.97. The van der Waals surface area contributed by atoms with Crippen molar-refractivity contribution in [2.24, 2.45) is 13.0 Å². The third-order valence-corrected chi connectivity index (χ3v) is 5.42. The Bertz CT molecular complexity index is 408. The Balaban J connectivity index is 1.97. The van der Waals surface area contributed by atoms with Crippen molar-refractivity contribution < 1.29 is 0 Å². The highest BCUT2D eigenvalue weighted by atomic mass is 79.9. The zero-order chi connectivity index (χ0) is 13.8. The van der Waals surface area contributed by atoms with Crippen LogP contribution >= 0.6 is 15.9 Å². The molecule has 0 spiro atoms. The number of hydrogen-bond donors (Lipinski definition) is 1. The summed E-state index contributed by atoms with van der Waals surface area (Å²) in [7, 11) is 2.05. The Labute approximate surface area is 125 Å². The molecule has 1 fully saturated rings. The number of aromatic nitrogens is 2. The molecule has 1 saturated carbocycles. The first kappa shape index (κ1) is 15.0. The highest BCUT2D eigenvalue weighted by Gasteiger charge is 2.24. The van der Waals surface area contributed by atoms with Gasteiger partial charge >= 0.3 is 0 Å². The average molecular weight is 328 g/mol. The number of halogens is 1. The molecule has 1 aromatic heterocycles. The van der Waals surface area contributed by atoms with E-state index in [0.29, 0.717) is 6.04 Å². The van der Waals surface area contributed by atoms with Crippen LogP contribution in [0.15, 0.2) is 4.47 Å². The van der Waals surface area contributed by atoms with Crippen molar-refractivity contribution in [1.29, 1.82) is 0 Å². The Morgan fingerprint density at radius 2 is 2.11 bits per heavy atom. The van der Waals surface area contributed by atoms with Crippen LogP contribution in [0.4, 0.5) is 0 Å².